The molecule has 1 aromatic carbocycles. The number of ether oxygens (including phenoxy) is 3. The van der Waals surface area contributed by atoms with Crippen LogP contribution < -0.4 is 4.74 Å². The van der Waals surface area contributed by atoms with Crippen LogP contribution >= 0.6 is 0 Å². The molecule has 2 heterocycles. The fourth-order valence-electron chi connectivity index (χ4n) is 1.86. The number of aromatic nitrogens is 1. The Kier molecular flexibility index (Phi) is 2.68. The Morgan fingerprint density at radius 3 is 3.11 bits per heavy atom. The molecule has 5 heteroatoms. The molecule has 0 bridgehead atoms. The van der Waals surface area contributed by atoms with Crippen molar-refractivity contribution in [1.29, 1.82) is 0 Å². The van der Waals surface area contributed by atoms with E-state index < -0.39 is 0 Å². The van der Waals surface area contributed by atoms with Crippen molar-refractivity contribution in [3.05, 3.63) is 30.0 Å². The van der Waals surface area contributed by atoms with Crippen LogP contribution in [0.25, 0.3) is 10.9 Å². The van der Waals surface area contributed by atoms with E-state index in [0.717, 1.165) is 22.2 Å². The number of hydrogen-bond acceptors (Lipinski definition) is 4. The average Bonchev–Trinajstić information content (AvgIpc) is 3.11. The summed E-state index contributed by atoms with van der Waals surface area (Å²) in [6.45, 7) is 0.639. The smallest absolute Gasteiger partial charge is 0.310 e. The number of nitrogens with one attached hydrogen (secondary N) is 1. The Balaban J connectivity index is 1.91. The van der Waals surface area contributed by atoms with E-state index >= 15 is 0 Å². The first-order chi connectivity index (χ1) is 8.76. The van der Waals surface area contributed by atoms with Gasteiger partial charge in [-0.15, -0.1) is 0 Å². The summed E-state index contributed by atoms with van der Waals surface area (Å²) in [6.07, 6.45) is 1.95. The predicted molar refractivity (Wildman–Crippen MR) is 64.4 cm³/mol. The van der Waals surface area contributed by atoms with Crippen molar-refractivity contribution in [2.24, 2.45) is 0 Å². The summed E-state index contributed by atoms with van der Waals surface area (Å²) in [5, 5.41) is 0.971. The van der Waals surface area contributed by atoms with Crippen LogP contribution in [0.4, 0.5) is 0 Å². The van der Waals surface area contributed by atoms with Crippen LogP contribution in [0, 0.1) is 0 Å². The van der Waals surface area contributed by atoms with E-state index in [1.807, 2.05) is 24.4 Å². The fraction of sp³-hybridized carbons (Fsp3) is 0.308. The summed E-state index contributed by atoms with van der Waals surface area (Å²) in [5.41, 5.74) is 1.87. The summed E-state index contributed by atoms with van der Waals surface area (Å²) in [6, 6.07) is 5.71. The normalized spacial score (nSPS) is 17.7. The molecule has 0 radical (unpaired) electrons. The largest absolute Gasteiger partial charge is 0.469 e. The number of methoxy groups -OCH3 is 1. The third-order valence-electron chi connectivity index (χ3n) is 2.87. The minimum Gasteiger partial charge on any atom is -0.469 e. The Labute approximate surface area is 104 Å². The van der Waals surface area contributed by atoms with E-state index in [1.54, 1.807) is 0 Å². The third kappa shape index (κ3) is 2.17. The Bertz CT molecular complexity index is 586. The zero-order valence-corrected chi connectivity index (χ0v) is 9.93. The highest BCUT2D eigenvalue weighted by Gasteiger charge is 2.24. The van der Waals surface area contributed by atoms with Gasteiger partial charge in [-0.3, -0.25) is 4.79 Å². The quantitative estimate of drug-likeness (QED) is 0.658. The van der Waals surface area contributed by atoms with Gasteiger partial charge in [0.15, 0.2) is 0 Å². The molecule has 0 amide bonds. The Hall–Kier alpha value is -2.01. The van der Waals surface area contributed by atoms with Gasteiger partial charge in [-0.1, -0.05) is 0 Å². The number of hydrogen-bond donors (Lipinski definition) is 1. The lowest BCUT2D eigenvalue weighted by Crippen LogP contribution is -2.03. The van der Waals surface area contributed by atoms with E-state index in [0.29, 0.717) is 6.61 Å². The minimum absolute atomic E-state index is 0.120. The number of fused-ring (bicyclic) bond motifs is 1. The maximum atomic E-state index is 11.3. The molecule has 1 atom stereocenters. The fourth-order valence-corrected chi connectivity index (χ4v) is 1.86. The van der Waals surface area contributed by atoms with E-state index in [9.17, 15) is 4.79 Å². The molecule has 3 rings (SSSR count). The minimum atomic E-state index is -0.257. The van der Waals surface area contributed by atoms with Crippen molar-refractivity contribution in [2.75, 3.05) is 13.7 Å². The van der Waals surface area contributed by atoms with Gasteiger partial charge in [-0.2, -0.15) is 0 Å². The van der Waals surface area contributed by atoms with E-state index in [-0.39, 0.29) is 18.7 Å². The molecular formula is C13H13NO4. The van der Waals surface area contributed by atoms with Crippen LogP contribution in [0.5, 0.6) is 5.75 Å². The summed E-state index contributed by atoms with van der Waals surface area (Å²) in [5.74, 6) is 0.489. The second-order valence-corrected chi connectivity index (χ2v) is 4.15. The standard InChI is InChI=1S/C13H13NO4/c1-16-12(15)4-8-6-14-11-3-2-9(5-10(8)11)18-13-7-17-13/h2-3,5-6,13-14H,4,7H2,1H3/t13-/m1/s1. The molecule has 1 saturated heterocycles. The number of carbonyl (C=O) groups is 1. The molecule has 1 aliphatic heterocycles. The van der Waals surface area contributed by atoms with Gasteiger partial charge in [-0.05, 0) is 23.8 Å². The van der Waals surface area contributed by atoms with Crippen LogP contribution in [0.1, 0.15) is 5.56 Å². The molecule has 0 unspecified atom stereocenters. The van der Waals surface area contributed by atoms with Crippen molar-refractivity contribution in [2.45, 2.75) is 12.7 Å². The molecule has 1 fully saturated rings. The van der Waals surface area contributed by atoms with E-state index in [2.05, 4.69) is 9.72 Å². The topological polar surface area (TPSA) is 63.9 Å². The summed E-state index contributed by atoms with van der Waals surface area (Å²) in [7, 11) is 1.39. The Morgan fingerprint density at radius 1 is 1.56 bits per heavy atom. The Morgan fingerprint density at radius 2 is 2.39 bits per heavy atom. The van der Waals surface area contributed by atoms with Gasteiger partial charge in [0.25, 0.3) is 0 Å². The number of esters is 1. The lowest BCUT2D eigenvalue weighted by molar-refractivity contribution is -0.139. The molecule has 1 N–H and O–H groups in total. The van der Waals surface area contributed by atoms with Crippen LogP contribution in [0.3, 0.4) is 0 Å². The molecule has 0 aliphatic carbocycles. The predicted octanol–water partition coefficient (Wildman–Crippen LogP) is 1.62. The average molecular weight is 247 g/mol. The number of benzene rings is 1. The summed E-state index contributed by atoms with van der Waals surface area (Å²) < 4.78 is 15.2. The lowest BCUT2D eigenvalue weighted by atomic mass is 10.1. The number of carbonyl (C=O) groups excluding carboxylic acids is 1. The van der Waals surface area contributed by atoms with Gasteiger partial charge in [0, 0.05) is 17.1 Å². The van der Waals surface area contributed by atoms with Gasteiger partial charge in [0.1, 0.15) is 12.4 Å². The molecule has 5 nitrogen and oxygen atoms in total. The first kappa shape index (κ1) is 11.1. The van der Waals surface area contributed by atoms with Gasteiger partial charge in [0.2, 0.25) is 6.29 Å². The lowest BCUT2D eigenvalue weighted by Gasteiger charge is -2.03. The third-order valence-corrected chi connectivity index (χ3v) is 2.87. The number of rotatable bonds is 4. The highest BCUT2D eigenvalue weighted by atomic mass is 16.8. The number of aromatic amines is 1. The second-order valence-electron chi connectivity index (χ2n) is 4.15. The zero-order valence-electron chi connectivity index (χ0n) is 9.93. The second kappa shape index (κ2) is 4.34. The van der Waals surface area contributed by atoms with Crippen LogP contribution in [0.15, 0.2) is 24.4 Å². The molecular weight excluding hydrogens is 234 g/mol. The monoisotopic (exact) mass is 247 g/mol. The molecule has 94 valence electrons. The number of epoxide rings is 1. The molecule has 2 aromatic rings. The maximum absolute atomic E-state index is 11.3. The molecule has 0 spiro atoms. The van der Waals surface area contributed by atoms with E-state index in [1.165, 1.54) is 7.11 Å². The molecule has 1 aromatic heterocycles. The maximum Gasteiger partial charge on any atom is 0.310 e. The zero-order chi connectivity index (χ0) is 12.5. The van der Waals surface area contributed by atoms with Gasteiger partial charge >= 0.3 is 5.97 Å². The highest BCUT2D eigenvalue weighted by Crippen LogP contribution is 2.26. The van der Waals surface area contributed by atoms with Gasteiger partial charge in [0.05, 0.1) is 13.5 Å². The van der Waals surface area contributed by atoms with Crippen LogP contribution in [-0.4, -0.2) is 31.0 Å². The SMILES string of the molecule is COC(=O)Cc1c[nH]c2ccc(O[C@@H]3CO3)cc12. The summed E-state index contributed by atoms with van der Waals surface area (Å²) >= 11 is 0. The van der Waals surface area contributed by atoms with Crippen LogP contribution in [-0.2, 0) is 20.7 Å². The molecule has 1 aliphatic rings. The highest BCUT2D eigenvalue weighted by molar-refractivity contribution is 5.88. The molecule has 18 heavy (non-hydrogen) atoms. The summed E-state index contributed by atoms with van der Waals surface area (Å²) in [4.78, 5) is 14.4. The first-order valence-electron chi connectivity index (χ1n) is 5.71. The van der Waals surface area contributed by atoms with Crippen molar-refractivity contribution < 1.29 is 19.0 Å². The van der Waals surface area contributed by atoms with Crippen molar-refractivity contribution in [1.82, 2.24) is 4.98 Å². The van der Waals surface area contributed by atoms with Crippen molar-refractivity contribution in [3.8, 4) is 5.75 Å². The van der Waals surface area contributed by atoms with Gasteiger partial charge in [-0.25, -0.2) is 0 Å². The molecule has 0 saturated carbocycles. The van der Waals surface area contributed by atoms with Crippen molar-refractivity contribution in [3.63, 3.8) is 0 Å². The van der Waals surface area contributed by atoms with Crippen molar-refractivity contribution >= 4 is 16.9 Å². The first-order valence-corrected chi connectivity index (χ1v) is 5.71. The number of H-pyrrole nitrogens is 1. The van der Waals surface area contributed by atoms with E-state index in [4.69, 9.17) is 9.47 Å². The van der Waals surface area contributed by atoms with Crippen LogP contribution in [0.2, 0.25) is 0 Å². The van der Waals surface area contributed by atoms with Gasteiger partial charge < -0.3 is 19.2 Å².